The molecule has 1 saturated heterocycles. The highest BCUT2D eigenvalue weighted by atomic mass is 16.2. The van der Waals surface area contributed by atoms with E-state index in [2.05, 4.69) is 17.6 Å². The van der Waals surface area contributed by atoms with E-state index in [0.29, 0.717) is 6.54 Å². The lowest BCUT2D eigenvalue weighted by molar-refractivity contribution is -0.127. The first-order valence-corrected chi connectivity index (χ1v) is 7.97. The molecular formula is C18H22N4O. The molecule has 0 aliphatic carbocycles. The van der Waals surface area contributed by atoms with Gasteiger partial charge in [0.25, 0.3) is 0 Å². The minimum absolute atomic E-state index is 0.00751. The van der Waals surface area contributed by atoms with Gasteiger partial charge in [0.15, 0.2) is 0 Å². The molecule has 2 aromatic rings. The number of likely N-dealkylation sites (tertiary alicyclic amines) is 1. The first-order valence-electron chi connectivity index (χ1n) is 7.97. The van der Waals surface area contributed by atoms with Gasteiger partial charge >= 0.3 is 0 Å². The smallest absolute Gasteiger partial charge is 0.245 e. The Hall–Kier alpha value is -2.43. The van der Waals surface area contributed by atoms with Crippen LogP contribution in [-0.4, -0.2) is 38.4 Å². The van der Waals surface area contributed by atoms with Crippen molar-refractivity contribution in [2.75, 3.05) is 13.1 Å². The van der Waals surface area contributed by atoms with Crippen LogP contribution in [-0.2, 0) is 11.8 Å². The molecule has 1 aliphatic rings. The molecule has 1 atom stereocenters. The van der Waals surface area contributed by atoms with Crippen LogP contribution in [0.5, 0.6) is 0 Å². The largest absolute Gasteiger partial charge is 0.339 e. The van der Waals surface area contributed by atoms with E-state index < -0.39 is 0 Å². The van der Waals surface area contributed by atoms with E-state index in [0.717, 1.165) is 42.3 Å². The average molecular weight is 310 g/mol. The Balaban J connectivity index is 1.86. The number of carbonyl (C=O) groups is 1. The van der Waals surface area contributed by atoms with E-state index in [9.17, 15) is 4.79 Å². The Morgan fingerprint density at radius 3 is 2.96 bits per heavy atom. The lowest BCUT2D eigenvalue weighted by atomic mass is 9.94. The summed E-state index contributed by atoms with van der Waals surface area (Å²) in [7, 11) is 2.00. The van der Waals surface area contributed by atoms with Crippen LogP contribution in [0, 0.1) is 6.92 Å². The molecule has 2 aromatic heterocycles. The zero-order valence-electron chi connectivity index (χ0n) is 13.7. The monoisotopic (exact) mass is 310 g/mol. The lowest BCUT2D eigenvalue weighted by Gasteiger charge is -2.31. The fraction of sp³-hybridized carbons (Fsp3) is 0.389. The number of hydrogen-bond donors (Lipinski definition) is 0. The third-order valence-corrected chi connectivity index (χ3v) is 4.58. The number of rotatable bonds is 3. The maximum atomic E-state index is 11.9. The highest BCUT2D eigenvalue weighted by molar-refractivity contribution is 5.87. The van der Waals surface area contributed by atoms with Crippen molar-refractivity contribution in [3.05, 3.63) is 48.6 Å². The number of hydrogen-bond acceptors (Lipinski definition) is 3. The van der Waals surface area contributed by atoms with Gasteiger partial charge in [-0.25, -0.2) is 4.98 Å². The summed E-state index contributed by atoms with van der Waals surface area (Å²) in [6.07, 6.45) is 5.31. The minimum atomic E-state index is 0.00751. The standard InChI is InChI=1S/C18H22N4O/c1-4-18(23)22-10-6-7-14(12-22)15-8-5-9-16(20-15)17-11-19-13(2)21(17)3/h4-5,8-9,11,14H,1,6-7,10,12H2,2-3H3. The van der Waals surface area contributed by atoms with Gasteiger partial charge in [-0.05, 0) is 38.0 Å². The van der Waals surface area contributed by atoms with Gasteiger partial charge in [0.2, 0.25) is 5.91 Å². The zero-order valence-corrected chi connectivity index (χ0v) is 13.7. The summed E-state index contributed by atoms with van der Waals surface area (Å²) in [6, 6.07) is 6.10. The van der Waals surface area contributed by atoms with Crippen LogP contribution in [0.1, 0.15) is 30.3 Å². The predicted molar refractivity (Wildman–Crippen MR) is 89.9 cm³/mol. The summed E-state index contributed by atoms with van der Waals surface area (Å²) in [5, 5.41) is 0. The summed E-state index contributed by atoms with van der Waals surface area (Å²) in [5.41, 5.74) is 2.99. The van der Waals surface area contributed by atoms with E-state index in [-0.39, 0.29) is 11.8 Å². The van der Waals surface area contributed by atoms with Crippen molar-refractivity contribution in [2.45, 2.75) is 25.7 Å². The second kappa shape index (κ2) is 6.36. The van der Waals surface area contributed by atoms with E-state index in [4.69, 9.17) is 4.98 Å². The molecule has 23 heavy (non-hydrogen) atoms. The van der Waals surface area contributed by atoms with Crippen molar-refractivity contribution >= 4 is 5.91 Å². The quantitative estimate of drug-likeness (QED) is 0.819. The van der Waals surface area contributed by atoms with Crippen LogP contribution < -0.4 is 0 Å². The van der Waals surface area contributed by atoms with Crippen molar-refractivity contribution in [3.8, 4) is 11.4 Å². The first-order chi connectivity index (χ1) is 11.1. The SMILES string of the molecule is C=CC(=O)N1CCCC(c2cccc(-c3cnc(C)n3C)n2)C1. The molecule has 0 N–H and O–H groups in total. The van der Waals surface area contributed by atoms with E-state index in [1.807, 2.05) is 41.8 Å². The molecule has 1 unspecified atom stereocenters. The molecule has 3 heterocycles. The van der Waals surface area contributed by atoms with Crippen LogP contribution >= 0.6 is 0 Å². The number of carbonyl (C=O) groups excluding carboxylic acids is 1. The Kier molecular flexibility index (Phi) is 4.28. The molecule has 5 heteroatoms. The van der Waals surface area contributed by atoms with Crippen molar-refractivity contribution in [1.82, 2.24) is 19.4 Å². The molecule has 0 spiro atoms. The molecular weight excluding hydrogens is 288 g/mol. The maximum Gasteiger partial charge on any atom is 0.245 e. The molecule has 0 bridgehead atoms. The first kappa shape index (κ1) is 15.5. The highest BCUT2D eigenvalue weighted by Crippen LogP contribution is 2.27. The Bertz CT molecular complexity index is 734. The van der Waals surface area contributed by atoms with Crippen molar-refractivity contribution in [3.63, 3.8) is 0 Å². The second-order valence-electron chi connectivity index (χ2n) is 6.02. The number of piperidine rings is 1. The van der Waals surface area contributed by atoms with Crippen molar-refractivity contribution < 1.29 is 4.79 Å². The third kappa shape index (κ3) is 3.04. The molecule has 0 saturated carbocycles. The topological polar surface area (TPSA) is 51.0 Å². The van der Waals surface area contributed by atoms with Gasteiger partial charge in [-0.2, -0.15) is 0 Å². The highest BCUT2D eigenvalue weighted by Gasteiger charge is 2.24. The van der Waals surface area contributed by atoms with Crippen molar-refractivity contribution in [1.29, 1.82) is 0 Å². The Labute approximate surface area is 136 Å². The van der Waals surface area contributed by atoms with Crippen LogP contribution in [0.4, 0.5) is 0 Å². The van der Waals surface area contributed by atoms with Gasteiger partial charge in [-0.15, -0.1) is 0 Å². The van der Waals surface area contributed by atoms with Gasteiger partial charge in [-0.1, -0.05) is 12.6 Å². The molecule has 1 fully saturated rings. The van der Waals surface area contributed by atoms with Crippen LogP contribution in [0.2, 0.25) is 0 Å². The maximum absolute atomic E-state index is 11.9. The molecule has 0 aromatic carbocycles. The number of aryl methyl sites for hydroxylation is 1. The number of pyridine rings is 1. The fourth-order valence-corrected chi connectivity index (χ4v) is 3.11. The number of imidazole rings is 1. The summed E-state index contributed by atoms with van der Waals surface area (Å²) < 4.78 is 2.04. The second-order valence-corrected chi connectivity index (χ2v) is 6.02. The molecule has 0 radical (unpaired) electrons. The third-order valence-electron chi connectivity index (χ3n) is 4.58. The van der Waals surface area contributed by atoms with E-state index in [1.54, 1.807) is 0 Å². The van der Waals surface area contributed by atoms with Gasteiger partial charge in [0, 0.05) is 31.7 Å². The fourth-order valence-electron chi connectivity index (χ4n) is 3.11. The number of aromatic nitrogens is 3. The predicted octanol–water partition coefficient (Wildman–Crippen LogP) is 2.68. The lowest BCUT2D eigenvalue weighted by Crippen LogP contribution is -2.38. The molecule has 1 aliphatic heterocycles. The van der Waals surface area contributed by atoms with Gasteiger partial charge < -0.3 is 9.47 Å². The average Bonchev–Trinajstić information content (AvgIpc) is 2.93. The summed E-state index contributed by atoms with van der Waals surface area (Å²) >= 11 is 0. The van der Waals surface area contributed by atoms with E-state index >= 15 is 0 Å². The molecule has 1 amide bonds. The zero-order chi connectivity index (χ0) is 16.4. The van der Waals surface area contributed by atoms with Crippen LogP contribution in [0.15, 0.2) is 37.1 Å². The summed E-state index contributed by atoms with van der Waals surface area (Å²) in [5.74, 6) is 1.25. The summed E-state index contributed by atoms with van der Waals surface area (Å²) in [4.78, 5) is 22.9. The van der Waals surface area contributed by atoms with Crippen LogP contribution in [0.25, 0.3) is 11.4 Å². The van der Waals surface area contributed by atoms with Crippen molar-refractivity contribution in [2.24, 2.45) is 7.05 Å². The Morgan fingerprint density at radius 2 is 2.26 bits per heavy atom. The number of amides is 1. The normalized spacial score (nSPS) is 18.0. The van der Waals surface area contributed by atoms with E-state index in [1.165, 1.54) is 6.08 Å². The molecule has 5 nitrogen and oxygen atoms in total. The number of nitrogens with zero attached hydrogens (tertiary/aromatic N) is 4. The van der Waals surface area contributed by atoms with Gasteiger partial charge in [0.05, 0.1) is 17.6 Å². The summed E-state index contributed by atoms with van der Waals surface area (Å²) in [6.45, 7) is 7.08. The van der Waals surface area contributed by atoms with Gasteiger partial charge in [0.1, 0.15) is 5.82 Å². The molecule has 3 rings (SSSR count). The van der Waals surface area contributed by atoms with Gasteiger partial charge in [-0.3, -0.25) is 9.78 Å². The molecule has 120 valence electrons. The van der Waals surface area contributed by atoms with Crippen LogP contribution in [0.3, 0.4) is 0 Å². The minimum Gasteiger partial charge on any atom is -0.339 e. The Morgan fingerprint density at radius 1 is 1.43 bits per heavy atom.